The fraction of sp³-hybridized carbons (Fsp3) is 1.00. The van der Waals surface area contributed by atoms with E-state index in [2.05, 4.69) is 24.3 Å². The first kappa shape index (κ1) is 14.0. The molecule has 0 bridgehead atoms. The Balaban J connectivity index is 0. The van der Waals surface area contributed by atoms with Gasteiger partial charge in [-0.05, 0) is 33.5 Å². The van der Waals surface area contributed by atoms with Crippen LogP contribution in [0, 0.1) is 0 Å². The maximum absolute atomic E-state index is 3.37. The highest BCUT2D eigenvalue weighted by molar-refractivity contribution is 5.85. The van der Waals surface area contributed by atoms with Crippen molar-refractivity contribution in [3.8, 4) is 0 Å². The van der Waals surface area contributed by atoms with Gasteiger partial charge < -0.3 is 10.2 Å². The van der Waals surface area contributed by atoms with Crippen molar-refractivity contribution in [2.75, 3.05) is 27.2 Å². The van der Waals surface area contributed by atoms with Crippen LogP contribution in [0.1, 0.15) is 12.8 Å². The van der Waals surface area contributed by atoms with E-state index in [0.717, 1.165) is 6.04 Å². The summed E-state index contributed by atoms with van der Waals surface area (Å²) in [6, 6.07) is 0.777. The minimum Gasteiger partial charge on any atom is -0.315 e. The van der Waals surface area contributed by atoms with E-state index in [4.69, 9.17) is 0 Å². The third-order valence-electron chi connectivity index (χ3n) is 2.00. The first-order chi connectivity index (χ1) is 4.30. The molecule has 1 aliphatic rings. The van der Waals surface area contributed by atoms with E-state index in [1.54, 1.807) is 0 Å². The highest BCUT2D eigenvalue weighted by atomic mass is 35.5. The summed E-state index contributed by atoms with van der Waals surface area (Å²) in [7, 11) is 4.30. The minimum absolute atomic E-state index is 0. The third kappa shape index (κ3) is 4.86. The Hall–Kier alpha value is 0.500. The number of hydrogen-bond donors (Lipinski definition) is 1. The lowest BCUT2D eigenvalue weighted by atomic mass is 10.1. The predicted octanol–water partition coefficient (Wildman–Crippen LogP) is 1.14. The molecule has 1 aliphatic heterocycles. The van der Waals surface area contributed by atoms with Crippen LogP contribution in [0.2, 0.25) is 0 Å². The summed E-state index contributed by atoms with van der Waals surface area (Å²) >= 11 is 0. The Kier molecular flexibility index (Phi) is 9.15. The van der Waals surface area contributed by atoms with Crippen molar-refractivity contribution in [2.45, 2.75) is 18.9 Å². The van der Waals surface area contributed by atoms with Crippen molar-refractivity contribution in [2.24, 2.45) is 0 Å². The van der Waals surface area contributed by atoms with Crippen LogP contribution in [0.4, 0.5) is 0 Å². The van der Waals surface area contributed by atoms with Crippen LogP contribution < -0.4 is 5.32 Å². The van der Waals surface area contributed by atoms with Crippen molar-refractivity contribution in [3.63, 3.8) is 0 Å². The highest BCUT2D eigenvalue weighted by Crippen LogP contribution is 2.05. The first-order valence-electron chi connectivity index (χ1n) is 3.68. The molecule has 0 unspecified atom stereocenters. The first-order valence-corrected chi connectivity index (χ1v) is 3.68. The van der Waals surface area contributed by atoms with Crippen molar-refractivity contribution >= 4 is 24.8 Å². The molecule has 0 aliphatic carbocycles. The molecule has 1 fully saturated rings. The largest absolute Gasteiger partial charge is 0.315 e. The average Bonchev–Trinajstić information content (AvgIpc) is 1.90. The van der Waals surface area contributed by atoms with E-state index in [0.29, 0.717) is 0 Å². The lowest BCUT2D eigenvalue weighted by Crippen LogP contribution is -2.42. The van der Waals surface area contributed by atoms with Gasteiger partial charge in [-0.1, -0.05) is 0 Å². The van der Waals surface area contributed by atoms with E-state index >= 15 is 0 Å². The Labute approximate surface area is 81.5 Å². The quantitative estimate of drug-likeness (QED) is 0.684. The van der Waals surface area contributed by atoms with Crippen LogP contribution in [0.5, 0.6) is 0 Å². The molecular weight excluding hydrogens is 183 g/mol. The van der Waals surface area contributed by atoms with Gasteiger partial charge in [0.1, 0.15) is 0 Å². The molecule has 4 heteroatoms. The summed E-state index contributed by atoms with van der Waals surface area (Å²) < 4.78 is 0. The van der Waals surface area contributed by atoms with Gasteiger partial charge in [0.05, 0.1) is 0 Å². The molecule has 0 aromatic rings. The monoisotopic (exact) mass is 200 g/mol. The molecule has 0 radical (unpaired) electrons. The lowest BCUT2D eigenvalue weighted by Gasteiger charge is -2.28. The summed E-state index contributed by atoms with van der Waals surface area (Å²) in [6.07, 6.45) is 2.70. The molecule has 0 spiro atoms. The molecular formula is C7H18Cl2N2. The molecule has 0 aromatic heterocycles. The van der Waals surface area contributed by atoms with Crippen LogP contribution in [0.3, 0.4) is 0 Å². The molecule has 1 rings (SSSR count). The van der Waals surface area contributed by atoms with Gasteiger partial charge in [0, 0.05) is 12.6 Å². The molecule has 1 atom stereocenters. The summed E-state index contributed by atoms with van der Waals surface area (Å²) in [5.74, 6) is 0. The zero-order chi connectivity index (χ0) is 6.69. The number of likely N-dealkylation sites (N-methyl/N-ethyl adjacent to an activating group) is 1. The Morgan fingerprint density at radius 1 is 1.27 bits per heavy atom. The van der Waals surface area contributed by atoms with Crippen molar-refractivity contribution in [1.29, 1.82) is 0 Å². The summed E-state index contributed by atoms with van der Waals surface area (Å²) in [6.45, 7) is 2.39. The van der Waals surface area contributed by atoms with Gasteiger partial charge >= 0.3 is 0 Å². The van der Waals surface area contributed by atoms with Gasteiger partial charge in [-0.25, -0.2) is 0 Å². The molecule has 0 amide bonds. The van der Waals surface area contributed by atoms with Gasteiger partial charge in [-0.3, -0.25) is 0 Å². The highest BCUT2D eigenvalue weighted by Gasteiger charge is 2.13. The molecule has 0 saturated carbocycles. The van der Waals surface area contributed by atoms with Crippen LogP contribution in [0.15, 0.2) is 0 Å². The molecule has 1 heterocycles. The predicted molar refractivity (Wildman–Crippen MR) is 54.1 cm³/mol. The van der Waals surface area contributed by atoms with Crippen LogP contribution in [0.25, 0.3) is 0 Å². The van der Waals surface area contributed by atoms with Gasteiger partial charge in [0.15, 0.2) is 0 Å². The zero-order valence-electron chi connectivity index (χ0n) is 7.17. The summed E-state index contributed by atoms with van der Waals surface area (Å²) in [4.78, 5) is 2.30. The molecule has 2 nitrogen and oxygen atoms in total. The molecule has 70 valence electrons. The number of piperidine rings is 1. The van der Waals surface area contributed by atoms with Gasteiger partial charge in [0.25, 0.3) is 0 Å². The van der Waals surface area contributed by atoms with E-state index in [1.807, 2.05) is 0 Å². The van der Waals surface area contributed by atoms with Crippen molar-refractivity contribution in [1.82, 2.24) is 10.2 Å². The number of nitrogens with zero attached hydrogens (tertiary/aromatic N) is 1. The fourth-order valence-corrected chi connectivity index (χ4v) is 1.27. The van der Waals surface area contributed by atoms with Crippen LogP contribution in [-0.2, 0) is 0 Å². The smallest absolute Gasteiger partial charge is 0.0215 e. The van der Waals surface area contributed by atoms with E-state index in [9.17, 15) is 0 Å². The van der Waals surface area contributed by atoms with Crippen molar-refractivity contribution < 1.29 is 0 Å². The Morgan fingerprint density at radius 3 is 2.18 bits per heavy atom. The number of rotatable bonds is 1. The minimum atomic E-state index is 0. The second-order valence-electron chi connectivity index (χ2n) is 2.96. The normalized spacial score (nSPS) is 23.7. The third-order valence-corrected chi connectivity index (χ3v) is 2.00. The Morgan fingerprint density at radius 2 is 1.91 bits per heavy atom. The number of halogens is 2. The van der Waals surface area contributed by atoms with Gasteiger partial charge in [-0.2, -0.15) is 0 Å². The number of nitrogens with one attached hydrogen (secondary N) is 1. The lowest BCUT2D eigenvalue weighted by molar-refractivity contribution is 0.242. The average molecular weight is 201 g/mol. The summed E-state index contributed by atoms with van der Waals surface area (Å²) in [5.41, 5.74) is 0. The van der Waals surface area contributed by atoms with E-state index < -0.39 is 0 Å². The van der Waals surface area contributed by atoms with Crippen molar-refractivity contribution in [3.05, 3.63) is 0 Å². The second kappa shape index (κ2) is 7.17. The number of hydrogen-bond acceptors (Lipinski definition) is 2. The van der Waals surface area contributed by atoms with E-state index in [-0.39, 0.29) is 24.8 Å². The standard InChI is InChI=1S/C7H16N2.2ClH/c1-9(2)7-4-3-5-8-6-7;;/h7-8H,3-6H2,1-2H3;2*1H/t7-;;/m1../s1. The molecule has 1 saturated heterocycles. The maximum Gasteiger partial charge on any atom is 0.0215 e. The SMILES string of the molecule is CN(C)[C@@H]1CCCNC1.Cl.Cl. The van der Waals surface area contributed by atoms with Crippen LogP contribution in [-0.4, -0.2) is 38.1 Å². The maximum atomic E-state index is 3.37. The summed E-state index contributed by atoms with van der Waals surface area (Å²) in [5, 5.41) is 3.37. The zero-order valence-corrected chi connectivity index (χ0v) is 8.80. The van der Waals surface area contributed by atoms with Gasteiger partial charge in [0.2, 0.25) is 0 Å². The fourth-order valence-electron chi connectivity index (χ4n) is 1.27. The molecule has 0 aromatic carbocycles. The van der Waals surface area contributed by atoms with Gasteiger partial charge in [-0.15, -0.1) is 24.8 Å². The Bertz CT molecular complexity index is 82.5. The second-order valence-corrected chi connectivity index (χ2v) is 2.96. The molecule has 11 heavy (non-hydrogen) atoms. The van der Waals surface area contributed by atoms with Crippen LogP contribution >= 0.6 is 24.8 Å². The van der Waals surface area contributed by atoms with E-state index in [1.165, 1.54) is 25.9 Å². The molecule has 1 N–H and O–H groups in total. The topological polar surface area (TPSA) is 15.3 Å².